The molecule has 0 radical (unpaired) electrons. The highest BCUT2D eigenvalue weighted by Gasteiger charge is 2.47. The Morgan fingerprint density at radius 1 is 1.33 bits per heavy atom. The molecule has 11 heteroatoms. The van der Waals surface area contributed by atoms with Gasteiger partial charge in [0.1, 0.15) is 0 Å². The second kappa shape index (κ2) is 7.61. The van der Waals surface area contributed by atoms with Gasteiger partial charge in [-0.1, -0.05) is 23.7 Å². The molecule has 0 aliphatic carbocycles. The Morgan fingerprint density at radius 2 is 2.00 bits per heavy atom. The summed E-state index contributed by atoms with van der Waals surface area (Å²) in [7, 11) is 0. The number of nitrogens with zero attached hydrogens (tertiary/aromatic N) is 1. The molecular weight excluding hydrogens is 423 g/mol. The first-order chi connectivity index (χ1) is 12.7. The molecule has 0 spiro atoms. The summed E-state index contributed by atoms with van der Waals surface area (Å²) < 4.78 is 44.9. The first kappa shape index (κ1) is 19.8. The van der Waals surface area contributed by atoms with Crippen molar-refractivity contribution < 1.29 is 22.7 Å². The normalized spacial score (nSPS) is 19.8. The highest BCUT2D eigenvalue weighted by molar-refractivity contribution is 7.81. The van der Waals surface area contributed by atoms with Crippen molar-refractivity contribution in [3.63, 3.8) is 0 Å². The van der Waals surface area contributed by atoms with E-state index in [0.29, 0.717) is 28.8 Å². The molecule has 27 heavy (non-hydrogen) atoms. The minimum Gasteiger partial charge on any atom is -0.488 e. The molecule has 144 valence electrons. The quantitative estimate of drug-likeness (QED) is 0.697. The zero-order chi connectivity index (χ0) is 19.8. The standard InChI is InChI=1S/C16H13ClF3N3O2S2/c17-9-3-1-8(2-4-9)10-7-25-12(16(18,19)20)11(10)13(24)22-15(27)23-6-5-21-14(23)26/h1-4,10H,5-7H2,(H,21,26)(H,22,24,27). The third-order valence-electron chi connectivity index (χ3n) is 4.08. The Morgan fingerprint density at radius 3 is 2.56 bits per heavy atom. The molecule has 2 aliphatic rings. The van der Waals surface area contributed by atoms with Gasteiger partial charge in [0, 0.05) is 18.1 Å². The molecule has 1 amide bonds. The zero-order valence-corrected chi connectivity index (χ0v) is 16.0. The summed E-state index contributed by atoms with van der Waals surface area (Å²) in [5.74, 6) is -3.19. The number of amides is 1. The molecule has 0 saturated carbocycles. The van der Waals surface area contributed by atoms with Gasteiger partial charge in [-0.3, -0.25) is 15.0 Å². The molecule has 5 nitrogen and oxygen atoms in total. The van der Waals surface area contributed by atoms with Gasteiger partial charge in [-0.2, -0.15) is 13.2 Å². The lowest BCUT2D eigenvalue weighted by molar-refractivity contribution is -0.130. The van der Waals surface area contributed by atoms with Crippen LogP contribution in [0.1, 0.15) is 11.5 Å². The minimum atomic E-state index is -4.81. The molecule has 1 atom stereocenters. The second-order valence-electron chi connectivity index (χ2n) is 5.80. The highest BCUT2D eigenvalue weighted by Crippen LogP contribution is 2.41. The highest BCUT2D eigenvalue weighted by atomic mass is 35.5. The van der Waals surface area contributed by atoms with Crippen LogP contribution in [0.25, 0.3) is 0 Å². The van der Waals surface area contributed by atoms with Crippen LogP contribution in [0.3, 0.4) is 0 Å². The van der Waals surface area contributed by atoms with Crippen molar-refractivity contribution >= 4 is 52.2 Å². The molecule has 1 aromatic carbocycles. The summed E-state index contributed by atoms with van der Waals surface area (Å²) in [5.41, 5.74) is -0.0432. The molecule has 1 unspecified atom stereocenters. The van der Waals surface area contributed by atoms with Crippen LogP contribution in [0, 0.1) is 0 Å². The summed E-state index contributed by atoms with van der Waals surface area (Å²) in [6.45, 7) is 0.637. The summed E-state index contributed by atoms with van der Waals surface area (Å²) >= 11 is 16.0. The molecule has 2 aliphatic heterocycles. The van der Waals surface area contributed by atoms with Crippen molar-refractivity contribution in [2.24, 2.45) is 0 Å². The van der Waals surface area contributed by atoms with Gasteiger partial charge in [0.05, 0.1) is 18.1 Å². The summed E-state index contributed by atoms with van der Waals surface area (Å²) in [5, 5.41) is 5.86. The maximum Gasteiger partial charge on any atom is 0.449 e. The second-order valence-corrected chi connectivity index (χ2v) is 7.01. The molecule has 1 aromatic rings. The summed E-state index contributed by atoms with van der Waals surface area (Å²) in [6, 6.07) is 6.19. The maximum absolute atomic E-state index is 13.4. The maximum atomic E-state index is 13.4. The van der Waals surface area contributed by atoms with Gasteiger partial charge in [-0.05, 0) is 42.1 Å². The summed E-state index contributed by atoms with van der Waals surface area (Å²) in [4.78, 5) is 14.1. The van der Waals surface area contributed by atoms with Crippen LogP contribution in [-0.2, 0) is 9.53 Å². The Balaban J connectivity index is 1.90. The van der Waals surface area contributed by atoms with E-state index in [1.54, 1.807) is 12.1 Å². The number of ether oxygens (including phenoxy) is 1. The van der Waals surface area contributed by atoms with E-state index in [4.69, 9.17) is 40.8 Å². The molecule has 0 aromatic heterocycles. The van der Waals surface area contributed by atoms with E-state index >= 15 is 0 Å². The first-order valence-electron chi connectivity index (χ1n) is 7.79. The number of benzene rings is 1. The molecule has 1 saturated heterocycles. The largest absolute Gasteiger partial charge is 0.488 e. The lowest BCUT2D eigenvalue weighted by atomic mass is 9.92. The number of carbonyl (C=O) groups is 1. The number of alkyl halides is 3. The van der Waals surface area contributed by atoms with Crippen molar-refractivity contribution in [2.45, 2.75) is 12.1 Å². The fourth-order valence-corrected chi connectivity index (χ4v) is 3.58. The molecular formula is C16H13ClF3N3O2S2. The molecule has 2 N–H and O–H groups in total. The number of nitrogens with one attached hydrogen (secondary N) is 2. The van der Waals surface area contributed by atoms with Crippen LogP contribution in [0.5, 0.6) is 0 Å². The lowest BCUT2D eigenvalue weighted by Gasteiger charge is -2.20. The number of rotatable bonds is 2. The van der Waals surface area contributed by atoms with Crippen LogP contribution in [0.2, 0.25) is 5.02 Å². The molecule has 0 bridgehead atoms. The van der Waals surface area contributed by atoms with E-state index in [1.165, 1.54) is 17.0 Å². The molecule has 3 rings (SSSR count). The van der Waals surface area contributed by atoms with Gasteiger partial charge in [-0.25, -0.2) is 0 Å². The van der Waals surface area contributed by atoms with Gasteiger partial charge in [0.2, 0.25) is 5.76 Å². The van der Waals surface area contributed by atoms with E-state index in [2.05, 4.69) is 10.6 Å². The monoisotopic (exact) mass is 435 g/mol. The first-order valence-corrected chi connectivity index (χ1v) is 8.98. The Kier molecular flexibility index (Phi) is 5.59. The van der Waals surface area contributed by atoms with E-state index in [0.717, 1.165) is 0 Å². The Hall–Kier alpha value is -1.91. The van der Waals surface area contributed by atoms with Crippen LogP contribution >= 0.6 is 36.0 Å². The number of carbonyl (C=O) groups excluding carboxylic acids is 1. The third-order valence-corrected chi connectivity index (χ3v) is 5.02. The average molecular weight is 436 g/mol. The van der Waals surface area contributed by atoms with Crippen LogP contribution < -0.4 is 10.6 Å². The number of halogens is 4. The molecule has 1 fully saturated rings. The molecule has 2 heterocycles. The number of thiocarbonyl (C=S) groups is 2. The smallest absolute Gasteiger partial charge is 0.449 e. The van der Waals surface area contributed by atoms with Crippen molar-refractivity contribution in [2.75, 3.05) is 19.7 Å². The topological polar surface area (TPSA) is 53.6 Å². The van der Waals surface area contributed by atoms with Crippen molar-refractivity contribution in [1.82, 2.24) is 15.5 Å². The van der Waals surface area contributed by atoms with Gasteiger partial charge >= 0.3 is 6.18 Å². The van der Waals surface area contributed by atoms with Crippen molar-refractivity contribution in [1.29, 1.82) is 0 Å². The van der Waals surface area contributed by atoms with E-state index in [-0.39, 0.29) is 11.7 Å². The minimum absolute atomic E-state index is 0.0641. The van der Waals surface area contributed by atoms with Crippen LogP contribution in [0.4, 0.5) is 13.2 Å². The fourth-order valence-electron chi connectivity index (χ4n) is 2.84. The Bertz CT molecular complexity index is 827. The fraction of sp³-hybridized carbons (Fsp3) is 0.312. The van der Waals surface area contributed by atoms with Gasteiger partial charge in [0.25, 0.3) is 5.91 Å². The van der Waals surface area contributed by atoms with Gasteiger partial charge in [-0.15, -0.1) is 0 Å². The van der Waals surface area contributed by atoms with Crippen molar-refractivity contribution in [3.8, 4) is 0 Å². The van der Waals surface area contributed by atoms with Crippen molar-refractivity contribution in [3.05, 3.63) is 46.2 Å². The predicted octanol–water partition coefficient (Wildman–Crippen LogP) is 2.86. The number of hydrogen-bond acceptors (Lipinski definition) is 4. The number of allylic oxidation sites excluding steroid dienone is 1. The third kappa shape index (κ3) is 4.17. The Labute approximate surface area is 168 Å². The summed E-state index contributed by atoms with van der Waals surface area (Å²) in [6.07, 6.45) is -4.81. The lowest BCUT2D eigenvalue weighted by Crippen LogP contribution is -2.45. The average Bonchev–Trinajstić information content (AvgIpc) is 3.21. The van der Waals surface area contributed by atoms with E-state index in [1.807, 2.05) is 0 Å². The van der Waals surface area contributed by atoms with E-state index < -0.39 is 29.3 Å². The van der Waals surface area contributed by atoms with Crippen LogP contribution in [-0.4, -0.2) is 46.9 Å². The van der Waals surface area contributed by atoms with Crippen LogP contribution in [0.15, 0.2) is 35.6 Å². The predicted molar refractivity (Wildman–Crippen MR) is 101 cm³/mol. The van der Waals surface area contributed by atoms with E-state index in [9.17, 15) is 18.0 Å². The SMILES string of the molecule is O=C(NC(=S)N1CCNC1=S)C1=C(C(F)(F)F)OCC1c1ccc(Cl)cc1. The van der Waals surface area contributed by atoms with Gasteiger partial charge < -0.3 is 10.1 Å². The zero-order valence-electron chi connectivity index (χ0n) is 13.6. The van der Waals surface area contributed by atoms with Gasteiger partial charge in [0.15, 0.2) is 10.2 Å². The number of hydrogen-bond donors (Lipinski definition) is 2.